The van der Waals surface area contributed by atoms with E-state index in [-0.39, 0.29) is 0 Å². The highest BCUT2D eigenvalue weighted by molar-refractivity contribution is 4.87. The van der Waals surface area contributed by atoms with Crippen LogP contribution < -0.4 is 0 Å². The van der Waals surface area contributed by atoms with Crippen LogP contribution in [0.25, 0.3) is 0 Å². The van der Waals surface area contributed by atoms with E-state index in [0.717, 1.165) is 31.2 Å². The van der Waals surface area contributed by atoms with Gasteiger partial charge in [0.2, 0.25) is 0 Å². The maximum atomic E-state index is 10.4. The Morgan fingerprint density at radius 1 is 1.06 bits per heavy atom. The Morgan fingerprint density at radius 2 is 1.71 bits per heavy atom. The van der Waals surface area contributed by atoms with Crippen molar-refractivity contribution in [2.24, 2.45) is 11.8 Å². The van der Waals surface area contributed by atoms with Gasteiger partial charge in [-0.2, -0.15) is 0 Å². The van der Waals surface area contributed by atoms with Crippen LogP contribution in [0.2, 0.25) is 0 Å². The topological polar surface area (TPSA) is 23.5 Å². The van der Waals surface area contributed by atoms with Gasteiger partial charge in [-0.3, -0.25) is 0 Å². The molecular weight excluding hydrogens is 210 g/mol. The van der Waals surface area contributed by atoms with Gasteiger partial charge in [-0.15, -0.1) is 0 Å². The number of hydrogen-bond donors (Lipinski definition) is 1. The van der Waals surface area contributed by atoms with Crippen LogP contribution >= 0.6 is 0 Å². The van der Waals surface area contributed by atoms with Gasteiger partial charge in [-0.05, 0) is 44.1 Å². The minimum atomic E-state index is -0.443. The van der Waals surface area contributed by atoms with Crippen LogP contribution in [0, 0.1) is 11.8 Å². The summed E-state index contributed by atoms with van der Waals surface area (Å²) in [6.45, 7) is 7.56. The lowest BCUT2D eigenvalue weighted by molar-refractivity contribution is -0.0252. The summed E-state index contributed by atoms with van der Waals surface area (Å²) < 4.78 is 0. The zero-order valence-corrected chi connectivity index (χ0v) is 11.6. The standard InChI is InChI=1S/C15H29NO/c1-3-15(17,4-2)12-16-10-9-13-7-5-6-8-14(13)11-16/h13-14,17H,3-12H2,1-2H3. The molecule has 1 saturated heterocycles. The van der Waals surface area contributed by atoms with Crippen LogP contribution in [-0.2, 0) is 0 Å². The van der Waals surface area contributed by atoms with Crippen LogP contribution in [0.3, 0.4) is 0 Å². The van der Waals surface area contributed by atoms with Crippen molar-refractivity contribution < 1.29 is 5.11 Å². The highest BCUT2D eigenvalue weighted by atomic mass is 16.3. The van der Waals surface area contributed by atoms with Gasteiger partial charge in [0.05, 0.1) is 5.60 Å². The molecule has 0 radical (unpaired) electrons. The van der Waals surface area contributed by atoms with Crippen molar-refractivity contribution in [1.82, 2.24) is 4.90 Å². The molecule has 1 heterocycles. The van der Waals surface area contributed by atoms with Gasteiger partial charge in [0.25, 0.3) is 0 Å². The lowest BCUT2D eigenvalue weighted by atomic mass is 9.75. The molecule has 1 N–H and O–H groups in total. The Labute approximate surface area is 106 Å². The highest BCUT2D eigenvalue weighted by Crippen LogP contribution is 2.36. The molecule has 0 spiro atoms. The third-order valence-electron chi connectivity index (χ3n) is 5.21. The van der Waals surface area contributed by atoms with Gasteiger partial charge in [0, 0.05) is 13.1 Å². The minimum Gasteiger partial charge on any atom is -0.389 e. The molecule has 100 valence electrons. The number of nitrogens with zero attached hydrogens (tertiary/aromatic N) is 1. The van der Waals surface area contributed by atoms with Gasteiger partial charge < -0.3 is 10.0 Å². The van der Waals surface area contributed by atoms with Gasteiger partial charge in [-0.25, -0.2) is 0 Å². The summed E-state index contributed by atoms with van der Waals surface area (Å²) in [7, 11) is 0. The molecule has 0 aromatic heterocycles. The lowest BCUT2D eigenvalue weighted by Gasteiger charge is -2.43. The zero-order chi connectivity index (χ0) is 12.3. The Kier molecular flexibility index (Phi) is 4.48. The largest absolute Gasteiger partial charge is 0.389 e. The molecule has 2 aliphatic rings. The predicted molar refractivity (Wildman–Crippen MR) is 72.0 cm³/mol. The fraction of sp³-hybridized carbons (Fsp3) is 1.00. The molecule has 1 saturated carbocycles. The van der Waals surface area contributed by atoms with Crippen molar-refractivity contribution in [2.75, 3.05) is 19.6 Å². The second-order valence-electron chi connectivity index (χ2n) is 6.26. The molecule has 0 amide bonds. The van der Waals surface area contributed by atoms with Crippen LogP contribution in [-0.4, -0.2) is 35.2 Å². The number of fused-ring (bicyclic) bond motifs is 1. The first-order chi connectivity index (χ1) is 8.17. The van der Waals surface area contributed by atoms with Crippen LogP contribution in [0.5, 0.6) is 0 Å². The summed E-state index contributed by atoms with van der Waals surface area (Å²) in [5.74, 6) is 1.92. The van der Waals surface area contributed by atoms with Gasteiger partial charge in [0.15, 0.2) is 0 Å². The fourth-order valence-electron chi connectivity index (χ4n) is 3.71. The van der Waals surface area contributed by atoms with Crippen molar-refractivity contribution in [2.45, 2.75) is 64.4 Å². The molecule has 1 aliphatic heterocycles. The molecule has 2 heteroatoms. The number of aliphatic hydroxyl groups is 1. The Balaban J connectivity index is 1.87. The molecule has 0 bridgehead atoms. The maximum Gasteiger partial charge on any atom is 0.0768 e. The van der Waals surface area contributed by atoms with Crippen molar-refractivity contribution in [1.29, 1.82) is 0 Å². The van der Waals surface area contributed by atoms with Crippen molar-refractivity contribution >= 4 is 0 Å². The predicted octanol–water partition coefficient (Wildman–Crippen LogP) is 3.05. The number of likely N-dealkylation sites (tertiary alicyclic amines) is 1. The summed E-state index contributed by atoms with van der Waals surface area (Å²) >= 11 is 0. The first-order valence-corrected chi connectivity index (χ1v) is 7.61. The second-order valence-corrected chi connectivity index (χ2v) is 6.26. The van der Waals surface area contributed by atoms with Gasteiger partial charge in [-0.1, -0.05) is 33.1 Å². The highest BCUT2D eigenvalue weighted by Gasteiger charge is 2.34. The van der Waals surface area contributed by atoms with Crippen molar-refractivity contribution in [3.8, 4) is 0 Å². The van der Waals surface area contributed by atoms with E-state index in [0.29, 0.717) is 0 Å². The Hall–Kier alpha value is -0.0800. The van der Waals surface area contributed by atoms with E-state index < -0.39 is 5.60 Å². The van der Waals surface area contributed by atoms with Gasteiger partial charge >= 0.3 is 0 Å². The van der Waals surface area contributed by atoms with Crippen molar-refractivity contribution in [3.63, 3.8) is 0 Å². The summed E-state index contributed by atoms with van der Waals surface area (Å²) in [4.78, 5) is 2.53. The molecule has 0 aromatic carbocycles. The molecule has 2 unspecified atom stereocenters. The molecule has 1 aliphatic carbocycles. The number of rotatable bonds is 4. The SMILES string of the molecule is CCC(O)(CC)CN1CCC2CCCCC2C1. The van der Waals surface area contributed by atoms with E-state index in [2.05, 4.69) is 18.7 Å². The van der Waals surface area contributed by atoms with E-state index in [4.69, 9.17) is 0 Å². The van der Waals surface area contributed by atoms with E-state index in [1.807, 2.05) is 0 Å². The van der Waals surface area contributed by atoms with E-state index in [1.54, 1.807) is 0 Å². The molecule has 2 atom stereocenters. The zero-order valence-electron chi connectivity index (χ0n) is 11.6. The smallest absolute Gasteiger partial charge is 0.0768 e. The summed E-state index contributed by atoms with van der Waals surface area (Å²) in [6.07, 6.45) is 8.91. The Bertz CT molecular complexity index is 237. The number of piperidine rings is 1. The molecule has 2 fully saturated rings. The summed E-state index contributed by atoms with van der Waals surface area (Å²) in [6, 6.07) is 0. The Morgan fingerprint density at radius 3 is 2.35 bits per heavy atom. The normalized spacial score (nSPS) is 31.2. The fourth-order valence-corrected chi connectivity index (χ4v) is 3.71. The van der Waals surface area contributed by atoms with E-state index in [1.165, 1.54) is 45.2 Å². The average molecular weight is 239 g/mol. The van der Waals surface area contributed by atoms with Crippen LogP contribution in [0.15, 0.2) is 0 Å². The summed E-state index contributed by atoms with van der Waals surface area (Å²) in [5, 5.41) is 10.4. The molecule has 2 nitrogen and oxygen atoms in total. The first-order valence-electron chi connectivity index (χ1n) is 7.61. The van der Waals surface area contributed by atoms with Crippen LogP contribution in [0.1, 0.15) is 58.8 Å². The van der Waals surface area contributed by atoms with Crippen LogP contribution in [0.4, 0.5) is 0 Å². The second kappa shape index (κ2) is 5.71. The molecule has 2 rings (SSSR count). The monoisotopic (exact) mass is 239 g/mol. The molecule has 17 heavy (non-hydrogen) atoms. The number of β-amino-alcohol motifs (C(OH)–C–C–N with tert-alkyl or cyclic N) is 1. The number of hydrogen-bond acceptors (Lipinski definition) is 2. The average Bonchev–Trinajstić information content (AvgIpc) is 2.38. The van der Waals surface area contributed by atoms with Crippen molar-refractivity contribution in [3.05, 3.63) is 0 Å². The lowest BCUT2D eigenvalue weighted by Crippen LogP contribution is -2.49. The quantitative estimate of drug-likeness (QED) is 0.815. The minimum absolute atomic E-state index is 0.443. The molecular formula is C15H29NO. The third-order valence-corrected chi connectivity index (χ3v) is 5.21. The van der Waals surface area contributed by atoms with Gasteiger partial charge in [0.1, 0.15) is 0 Å². The van der Waals surface area contributed by atoms with E-state index >= 15 is 0 Å². The summed E-state index contributed by atoms with van der Waals surface area (Å²) in [5.41, 5.74) is -0.443. The molecule has 0 aromatic rings. The first kappa shape index (κ1) is 13.4. The third kappa shape index (κ3) is 3.23. The maximum absolute atomic E-state index is 10.4. The van der Waals surface area contributed by atoms with E-state index in [9.17, 15) is 5.11 Å².